The van der Waals surface area contributed by atoms with E-state index in [-0.39, 0.29) is 23.0 Å². The molecule has 0 aromatic carbocycles. The fourth-order valence-corrected chi connectivity index (χ4v) is 7.31. The summed E-state index contributed by atoms with van der Waals surface area (Å²) in [6.07, 6.45) is 0.600. The number of fused-ring (bicyclic) bond motifs is 1. The van der Waals surface area contributed by atoms with Gasteiger partial charge in [0.2, 0.25) is 0 Å². The second-order valence-corrected chi connectivity index (χ2v) is 12.2. The zero-order chi connectivity index (χ0) is 25.8. The van der Waals surface area contributed by atoms with Crippen LogP contribution in [0.5, 0.6) is 0 Å². The Morgan fingerprint density at radius 2 is 1.97 bits per heavy atom. The monoisotopic (exact) mass is 527 g/mol. The van der Waals surface area contributed by atoms with E-state index in [0.717, 1.165) is 6.07 Å². The molecule has 0 radical (unpaired) electrons. The summed E-state index contributed by atoms with van der Waals surface area (Å²) >= 11 is 5.81. The quantitative estimate of drug-likeness (QED) is 0.427. The highest BCUT2D eigenvalue weighted by molar-refractivity contribution is 8.19. The Bertz CT molecular complexity index is 1250. The molecule has 1 amide bonds. The molecule has 4 rings (SSSR count). The van der Waals surface area contributed by atoms with E-state index in [1.807, 2.05) is 0 Å². The maximum absolute atomic E-state index is 15.3. The van der Waals surface area contributed by atoms with Gasteiger partial charge in [-0.1, -0.05) is 11.6 Å². The number of pyridine rings is 2. The summed E-state index contributed by atoms with van der Waals surface area (Å²) in [7, 11) is -0.873. The van der Waals surface area contributed by atoms with Gasteiger partial charge >= 0.3 is 0 Å². The van der Waals surface area contributed by atoms with Crippen molar-refractivity contribution in [2.75, 3.05) is 11.9 Å². The lowest BCUT2D eigenvalue weighted by Gasteiger charge is -2.60. The maximum Gasteiger partial charge on any atom is 0.275 e. The normalized spacial score (nSPS) is 27.2. The van der Waals surface area contributed by atoms with Crippen LogP contribution in [0.2, 0.25) is 5.02 Å². The van der Waals surface area contributed by atoms with Gasteiger partial charge in [-0.2, -0.15) is 0 Å². The number of halogens is 4. The molecule has 13 heteroatoms. The smallest absolute Gasteiger partial charge is 0.275 e. The molecule has 8 nitrogen and oxygen atoms in total. The van der Waals surface area contributed by atoms with Crippen molar-refractivity contribution in [1.82, 2.24) is 15.3 Å². The third-order valence-electron chi connectivity index (χ3n) is 6.40. The van der Waals surface area contributed by atoms with Crippen molar-refractivity contribution in [3.63, 3.8) is 0 Å². The van der Waals surface area contributed by atoms with Crippen LogP contribution < -0.4 is 22.1 Å². The van der Waals surface area contributed by atoms with E-state index in [1.165, 1.54) is 31.3 Å². The van der Waals surface area contributed by atoms with Crippen LogP contribution in [0.1, 0.15) is 43.4 Å². The molecule has 0 aliphatic carbocycles. The number of hydrogen-bond acceptors (Lipinski definition) is 7. The molecule has 1 unspecified atom stereocenters. The van der Waals surface area contributed by atoms with Gasteiger partial charge in [-0.15, -0.1) is 10.5 Å². The van der Waals surface area contributed by atoms with Gasteiger partial charge < -0.3 is 16.8 Å². The number of carbonyl (C=O) groups is 1. The van der Waals surface area contributed by atoms with Crippen molar-refractivity contribution in [2.24, 2.45) is 16.5 Å². The Kier molecular flexibility index (Phi) is 6.23. The van der Waals surface area contributed by atoms with Crippen LogP contribution in [0.15, 0.2) is 35.5 Å². The number of nitrogens with two attached hydrogens (primary N) is 2. The third kappa shape index (κ3) is 4.11. The Balaban J connectivity index is 1.81. The number of amides is 1. The minimum absolute atomic E-state index is 0.00750. The van der Waals surface area contributed by atoms with E-state index in [9.17, 15) is 13.6 Å². The van der Waals surface area contributed by atoms with Crippen LogP contribution in [0.4, 0.5) is 19.0 Å². The molecule has 2 aromatic rings. The van der Waals surface area contributed by atoms with Gasteiger partial charge in [0.1, 0.15) is 39.3 Å². The fraction of sp³-hybridized carbons (Fsp3) is 0.409. The van der Waals surface area contributed by atoms with Crippen LogP contribution >= 0.6 is 22.1 Å². The molecule has 4 heterocycles. The van der Waals surface area contributed by atoms with Crippen LogP contribution in [-0.2, 0) is 5.54 Å². The Morgan fingerprint density at radius 1 is 1.26 bits per heavy atom. The van der Waals surface area contributed by atoms with Gasteiger partial charge in [-0.3, -0.25) is 15.1 Å². The first-order chi connectivity index (χ1) is 16.3. The highest BCUT2D eigenvalue weighted by Gasteiger charge is 2.65. The second kappa shape index (κ2) is 8.54. The summed E-state index contributed by atoms with van der Waals surface area (Å²) in [5.74, 6) is -4.46. The molecule has 2 aromatic heterocycles. The SMILES string of the molecule is CC1(C)C(N)=N[C@](C)(c2nc(NC(=O)c3ccc(Cl)cn3)ccc2F)[C@]2(CC(F)(F)CN)NC=S12. The highest BCUT2D eigenvalue weighted by atomic mass is 35.5. The van der Waals surface area contributed by atoms with E-state index < -0.39 is 56.3 Å². The van der Waals surface area contributed by atoms with Gasteiger partial charge in [-0.05, 0) is 45.0 Å². The lowest BCUT2D eigenvalue weighted by atomic mass is 9.82. The summed E-state index contributed by atoms with van der Waals surface area (Å²) < 4.78 is 44.0. The van der Waals surface area contributed by atoms with Crippen molar-refractivity contribution in [3.05, 3.63) is 52.7 Å². The number of aliphatic imine (C=N–C) groups is 1. The van der Waals surface area contributed by atoms with Crippen molar-refractivity contribution < 1.29 is 18.0 Å². The van der Waals surface area contributed by atoms with Crippen molar-refractivity contribution in [2.45, 2.75) is 48.3 Å². The number of aromatic nitrogens is 2. The van der Waals surface area contributed by atoms with Gasteiger partial charge in [0.15, 0.2) is 0 Å². The molecule has 0 saturated carbocycles. The maximum atomic E-state index is 15.3. The van der Waals surface area contributed by atoms with E-state index in [1.54, 1.807) is 19.3 Å². The predicted molar refractivity (Wildman–Crippen MR) is 133 cm³/mol. The second-order valence-electron chi connectivity index (χ2n) is 9.09. The first kappa shape index (κ1) is 25.5. The van der Waals surface area contributed by atoms with E-state index in [2.05, 4.69) is 25.6 Å². The Hall–Kier alpha value is -2.54. The first-order valence-electron chi connectivity index (χ1n) is 10.6. The standard InChI is InChI=1S/C22H25ClF3N7OS/c1-19(2)18(28)33-20(3,22(30-11-35(19)22)9-21(25,26)10-27)16-13(24)5-7-15(31-16)32-17(34)14-6-4-12(23)8-29-14/h4-8,11,30H,9-10,27H2,1-3H3,(H2,28,33)(H,31,32,34)/t20-,22-,35?/m1/s1. The van der Waals surface area contributed by atoms with Gasteiger partial charge in [-0.25, -0.2) is 23.1 Å². The van der Waals surface area contributed by atoms with Crippen LogP contribution in [-0.4, -0.2) is 49.3 Å². The van der Waals surface area contributed by atoms with Crippen molar-refractivity contribution >= 4 is 45.1 Å². The van der Waals surface area contributed by atoms with Crippen molar-refractivity contribution in [1.29, 1.82) is 0 Å². The van der Waals surface area contributed by atoms with E-state index in [0.29, 0.717) is 5.02 Å². The minimum Gasteiger partial charge on any atom is -0.386 e. The third-order valence-corrected chi connectivity index (χ3v) is 9.69. The summed E-state index contributed by atoms with van der Waals surface area (Å²) in [6, 6.07) is 5.27. The van der Waals surface area contributed by atoms with E-state index >= 15 is 4.39 Å². The van der Waals surface area contributed by atoms with E-state index in [4.69, 9.17) is 23.1 Å². The number of hydrogen-bond donors (Lipinski definition) is 4. The predicted octanol–water partition coefficient (Wildman–Crippen LogP) is 3.20. The number of nitrogens with zero attached hydrogens (tertiary/aromatic N) is 3. The van der Waals surface area contributed by atoms with Gasteiger partial charge in [0.05, 0.1) is 16.3 Å². The van der Waals surface area contributed by atoms with Crippen LogP contribution in [0, 0.1) is 5.82 Å². The topological polar surface area (TPSA) is 131 Å². The van der Waals surface area contributed by atoms with Gasteiger partial charge in [0, 0.05) is 18.1 Å². The van der Waals surface area contributed by atoms with Crippen molar-refractivity contribution in [3.8, 4) is 0 Å². The largest absolute Gasteiger partial charge is 0.386 e. The lowest BCUT2D eigenvalue weighted by Crippen LogP contribution is -2.71. The average molecular weight is 528 g/mol. The number of anilines is 1. The zero-order valence-electron chi connectivity index (χ0n) is 19.2. The molecule has 35 heavy (non-hydrogen) atoms. The molecule has 0 saturated heterocycles. The molecule has 3 atom stereocenters. The Morgan fingerprint density at radius 3 is 2.54 bits per heavy atom. The molecule has 6 N–H and O–H groups in total. The molecule has 2 aliphatic heterocycles. The number of carbonyl (C=O) groups excluding carboxylic acids is 1. The summed E-state index contributed by atoms with van der Waals surface area (Å²) in [5, 5.41) is 5.91. The molecular formula is C22H25ClF3N7OS. The highest BCUT2D eigenvalue weighted by Crippen LogP contribution is 2.62. The lowest BCUT2D eigenvalue weighted by molar-refractivity contribution is -0.0207. The molecular weight excluding hydrogens is 503 g/mol. The Labute approximate surface area is 207 Å². The van der Waals surface area contributed by atoms with Crippen LogP contribution in [0.3, 0.4) is 0 Å². The zero-order valence-corrected chi connectivity index (χ0v) is 20.8. The average Bonchev–Trinajstić information content (AvgIpc) is 2.77. The fourth-order valence-electron chi connectivity index (χ4n) is 4.30. The molecule has 0 spiro atoms. The minimum atomic E-state index is -3.26. The summed E-state index contributed by atoms with van der Waals surface area (Å²) in [5.41, 5.74) is 11.5. The molecule has 0 bridgehead atoms. The molecule has 188 valence electrons. The number of amidine groups is 1. The molecule has 2 aliphatic rings. The number of nitrogens with one attached hydrogen (secondary N) is 2. The van der Waals surface area contributed by atoms with Crippen LogP contribution in [0.25, 0.3) is 0 Å². The van der Waals surface area contributed by atoms with Gasteiger partial charge in [0.25, 0.3) is 11.8 Å². The molecule has 0 fully saturated rings. The summed E-state index contributed by atoms with van der Waals surface area (Å²) in [6.45, 7) is 4.24. The first-order valence-corrected chi connectivity index (χ1v) is 12.3. The summed E-state index contributed by atoms with van der Waals surface area (Å²) in [4.78, 5) is 24.0. The number of rotatable bonds is 6. The number of alkyl halides is 2.